The lowest BCUT2D eigenvalue weighted by Gasteiger charge is -2.19. The predicted octanol–water partition coefficient (Wildman–Crippen LogP) is 4.02. The summed E-state index contributed by atoms with van der Waals surface area (Å²) in [6, 6.07) is 7.15. The average molecular weight is 295 g/mol. The van der Waals surface area contributed by atoms with Crippen LogP contribution in [0.1, 0.15) is 32.3 Å². The smallest absolute Gasteiger partial charge is 0.191 e. The number of para-hydroxylation sites is 1. The summed E-state index contributed by atoms with van der Waals surface area (Å²) in [7, 11) is 0. The maximum absolute atomic E-state index is 13.4. The number of rotatable bonds is 5. The molecule has 0 aliphatic rings. The van der Waals surface area contributed by atoms with E-state index in [0.717, 1.165) is 17.9 Å². The molecule has 0 saturated carbocycles. The minimum atomic E-state index is -0.726. The van der Waals surface area contributed by atoms with Crippen molar-refractivity contribution in [2.24, 2.45) is 0 Å². The van der Waals surface area contributed by atoms with Crippen molar-refractivity contribution in [2.45, 2.75) is 39.5 Å². The number of halogens is 2. The van der Waals surface area contributed by atoms with Crippen molar-refractivity contribution in [3.05, 3.63) is 53.5 Å². The molecular formula is C16H19F2NO2. The third kappa shape index (κ3) is 4.56. The van der Waals surface area contributed by atoms with E-state index in [1.165, 1.54) is 6.07 Å². The number of furan rings is 1. The molecule has 1 N–H and O–H groups in total. The van der Waals surface area contributed by atoms with Crippen molar-refractivity contribution >= 4 is 0 Å². The predicted molar refractivity (Wildman–Crippen MR) is 76.0 cm³/mol. The van der Waals surface area contributed by atoms with Gasteiger partial charge >= 0.3 is 0 Å². The molecule has 0 bridgehead atoms. The number of hydrogen-bond acceptors (Lipinski definition) is 3. The molecule has 114 valence electrons. The van der Waals surface area contributed by atoms with Crippen molar-refractivity contribution in [3.8, 4) is 5.75 Å². The van der Waals surface area contributed by atoms with Gasteiger partial charge in [0.2, 0.25) is 0 Å². The van der Waals surface area contributed by atoms with Crippen LogP contribution in [0, 0.1) is 11.6 Å². The van der Waals surface area contributed by atoms with Crippen LogP contribution in [0.25, 0.3) is 0 Å². The van der Waals surface area contributed by atoms with E-state index in [0.29, 0.717) is 12.3 Å². The van der Waals surface area contributed by atoms with Crippen molar-refractivity contribution in [1.82, 2.24) is 5.32 Å². The number of nitrogens with one attached hydrogen (secondary N) is 1. The van der Waals surface area contributed by atoms with Crippen molar-refractivity contribution in [1.29, 1.82) is 0 Å². The second-order valence-electron chi connectivity index (χ2n) is 5.81. The first-order valence-electron chi connectivity index (χ1n) is 6.74. The van der Waals surface area contributed by atoms with E-state index in [-0.39, 0.29) is 17.9 Å². The highest BCUT2D eigenvalue weighted by atomic mass is 19.1. The highest BCUT2D eigenvalue weighted by Crippen LogP contribution is 2.22. The molecule has 0 unspecified atom stereocenters. The molecule has 0 atom stereocenters. The normalized spacial score (nSPS) is 11.7. The van der Waals surface area contributed by atoms with E-state index in [9.17, 15) is 8.78 Å². The van der Waals surface area contributed by atoms with E-state index in [1.807, 2.05) is 6.07 Å². The first-order chi connectivity index (χ1) is 9.85. The number of hydrogen-bond donors (Lipinski definition) is 1. The molecular weight excluding hydrogens is 276 g/mol. The SMILES string of the molecule is CC(C)(C)NCc1ccc(COc2c(F)cccc2F)o1. The molecule has 21 heavy (non-hydrogen) atoms. The number of benzene rings is 1. The summed E-state index contributed by atoms with van der Waals surface area (Å²) in [5.74, 6) is -0.573. The van der Waals surface area contributed by atoms with E-state index in [1.54, 1.807) is 6.07 Å². The first-order valence-corrected chi connectivity index (χ1v) is 6.74. The monoisotopic (exact) mass is 295 g/mol. The minimum Gasteiger partial charge on any atom is -0.480 e. The Kier molecular flexibility index (Phi) is 4.63. The fraction of sp³-hybridized carbons (Fsp3) is 0.375. The molecule has 2 aromatic rings. The molecule has 3 nitrogen and oxygen atoms in total. The fourth-order valence-corrected chi connectivity index (χ4v) is 1.71. The molecule has 1 aromatic carbocycles. The minimum absolute atomic E-state index is 0.0141. The Hall–Kier alpha value is -1.88. The highest BCUT2D eigenvalue weighted by molar-refractivity contribution is 5.26. The van der Waals surface area contributed by atoms with E-state index < -0.39 is 11.6 Å². The summed E-state index contributed by atoms with van der Waals surface area (Å²) in [5.41, 5.74) is -0.0141. The van der Waals surface area contributed by atoms with Gasteiger partial charge in [-0.05, 0) is 45.0 Å². The summed E-state index contributed by atoms with van der Waals surface area (Å²) in [6.07, 6.45) is 0. The molecule has 1 aromatic heterocycles. The van der Waals surface area contributed by atoms with E-state index in [4.69, 9.17) is 9.15 Å². The molecule has 1 heterocycles. The van der Waals surface area contributed by atoms with Gasteiger partial charge in [-0.3, -0.25) is 0 Å². The zero-order valence-electron chi connectivity index (χ0n) is 12.4. The zero-order chi connectivity index (χ0) is 15.5. The van der Waals surface area contributed by atoms with Crippen LogP contribution in [0.15, 0.2) is 34.7 Å². The molecule has 0 spiro atoms. The Bertz CT molecular complexity index is 582. The van der Waals surface area contributed by atoms with Crippen molar-refractivity contribution < 1.29 is 17.9 Å². The van der Waals surface area contributed by atoms with Crippen LogP contribution in [0.5, 0.6) is 5.75 Å². The first kappa shape index (κ1) is 15.5. The van der Waals surface area contributed by atoms with Crippen molar-refractivity contribution in [3.63, 3.8) is 0 Å². The van der Waals surface area contributed by atoms with Gasteiger partial charge < -0.3 is 14.5 Å². The molecule has 5 heteroatoms. The lowest BCUT2D eigenvalue weighted by molar-refractivity contribution is 0.241. The average Bonchev–Trinajstić information content (AvgIpc) is 2.83. The van der Waals surface area contributed by atoms with Gasteiger partial charge in [0, 0.05) is 5.54 Å². The molecule has 0 saturated heterocycles. The topological polar surface area (TPSA) is 34.4 Å². The Morgan fingerprint density at radius 2 is 1.67 bits per heavy atom. The van der Waals surface area contributed by atoms with Gasteiger partial charge in [0.05, 0.1) is 6.54 Å². The van der Waals surface area contributed by atoms with Gasteiger partial charge in [-0.15, -0.1) is 0 Å². The summed E-state index contributed by atoms with van der Waals surface area (Å²) in [6.45, 7) is 6.73. The Morgan fingerprint density at radius 1 is 1.05 bits per heavy atom. The zero-order valence-corrected chi connectivity index (χ0v) is 12.4. The van der Waals surface area contributed by atoms with Crippen LogP contribution in [-0.2, 0) is 13.2 Å². The third-order valence-corrected chi connectivity index (χ3v) is 2.79. The molecule has 0 amide bonds. The van der Waals surface area contributed by atoms with Crippen LogP contribution in [-0.4, -0.2) is 5.54 Å². The van der Waals surface area contributed by atoms with Gasteiger partial charge in [0.25, 0.3) is 0 Å². The second kappa shape index (κ2) is 6.26. The van der Waals surface area contributed by atoms with Crippen LogP contribution in [0.2, 0.25) is 0 Å². The lowest BCUT2D eigenvalue weighted by Crippen LogP contribution is -2.34. The van der Waals surface area contributed by atoms with Crippen LogP contribution in [0.4, 0.5) is 8.78 Å². The standard InChI is InChI=1S/C16H19F2NO2/c1-16(2,3)19-9-11-7-8-12(21-11)10-20-15-13(17)5-4-6-14(15)18/h4-8,19H,9-10H2,1-3H3. The Morgan fingerprint density at radius 3 is 2.29 bits per heavy atom. The van der Waals surface area contributed by atoms with Crippen molar-refractivity contribution in [2.75, 3.05) is 0 Å². The molecule has 0 aliphatic carbocycles. The summed E-state index contributed by atoms with van der Waals surface area (Å²) in [4.78, 5) is 0. The third-order valence-electron chi connectivity index (χ3n) is 2.79. The maximum atomic E-state index is 13.4. The maximum Gasteiger partial charge on any atom is 0.191 e. The van der Waals surface area contributed by atoms with Gasteiger partial charge in [-0.1, -0.05) is 6.07 Å². The van der Waals surface area contributed by atoms with Crippen LogP contribution >= 0.6 is 0 Å². The second-order valence-corrected chi connectivity index (χ2v) is 5.81. The van der Waals surface area contributed by atoms with Gasteiger partial charge in [0.15, 0.2) is 17.4 Å². The fourth-order valence-electron chi connectivity index (χ4n) is 1.71. The van der Waals surface area contributed by atoms with E-state index >= 15 is 0 Å². The highest BCUT2D eigenvalue weighted by Gasteiger charge is 2.12. The molecule has 0 aliphatic heterocycles. The Balaban J connectivity index is 1.94. The van der Waals surface area contributed by atoms with Gasteiger partial charge in [0.1, 0.15) is 18.1 Å². The van der Waals surface area contributed by atoms with Gasteiger partial charge in [-0.2, -0.15) is 0 Å². The van der Waals surface area contributed by atoms with Gasteiger partial charge in [-0.25, -0.2) is 8.78 Å². The summed E-state index contributed by atoms with van der Waals surface area (Å²) in [5, 5.41) is 3.29. The van der Waals surface area contributed by atoms with Crippen LogP contribution in [0.3, 0.4) is 0 Å². The summed E-state index contributed by atoms with van der Waals surface area (Å²) >= 11 is 0. The largest absolute Gasteiger partial charge is 0.480 e. The molecule has 0 radical (unpaired) electrons. The Labute approximate surface area is 122 Å². The van der Waals surface area contributed by atoms with E-state index in [2.05, 4.69) is 26.1 Å². The quantitative estimate of drug-likeness (QED) is 0.904. The number of ether oxygens (including phenoxy) is 1. The lowest BCUT2D eigenvalue weighted by atomic mass is 10.1. The summed E-state index contributed by atoms with van der Waals surface area (Å²) < 4.78 is 37.5. The molecule has 0 fully saturated rings. The van der Waals surface area contributed by atoms with Crippen LogP contribution < -0.4 is 10.1 Å². The molecule has 2 rings (SSSR count).